The number of hydrogen-bond acceptors (Lipinski definition) is 4. The molecule has 0 aliphatic carbocycles. The number of H-pyrrole nitrogens is 1. The zero-order valence-electron chi connectivity index (χ0n) is 14.7. The van der Waals surface area contributed by atoms with Gasteiger partial charge in [-0.15, -0.1) is 0 Å². The fourth-order valence-corrected chi connectivity index (χ4v) is 3.04. The van der Waals surface area contributed by atoms with Gasteiger partial charge in [-0.25, -0.2) is 0 Å². The van der Waals surface area contributed by atoms with Gasteiger partial charge >= 0.3 is 0 Å². The van der Waals surface area contributed by atoms with E-state index in [1.54, 1.807) is 43.5 Å². The van der Waals surface area contributed by atoms with Gasteiger partial charge in [0, 0.05) is 22.7 Å². The summed E-state index contributed by atoms with van der Waals surface area (Å²) in [5.74, 6) is 0.451. The largest absolute Gasteiger partial charge is 0.486 e. The van der Waals surface area contributed by atoms with Crippen LogP contribution in [-0.4, -0.2) is 36.1 Å². The lowest BCUT2D eigenvalue weighted by Gasteiger charge is -2.22. The van der Waals surface area contributed by atoms with Gasteiger partial charge in [0.2, 0.25) is 5.91 Å². The molecule has 0 radical (unpaired) electrons. The van der Waals surface area contributed by atoms with Crippen LogP contribution in [0.1, 0.15) is 17.3 Å². The summed E-state index contributed by atoms with van der Waals surface area (Å²) in [6.45, 7) is 2.53. The second-order valence-electron chi connectivity index (χ2n) is 6.26. The Hall–Kier alpha value is -3.48. The minimum atomic E-state index is -0.730. The van der Waals surface area contributed by atoms with E-state index in [4.69, 9.17) is 9.47 Å². The molecule has 0 fully saturated rings. The van der Waals surface area contributed by atoms with Crippen molar-refractivity contribution in [2.75, 3.05) is 18.5 Å². The summed E-state index contributed by atoms with van der Waals surface area (Å²) in [5.41, 5.74) is 1.90. The van der Waals surface area contributed by atoms with Crippen molar-refractivity contribution in [2.24, 2.45) is 0 Å². The van der Waals surface area contributed by atoms with E-state index in [9.17, 15) is 9.59 Å². The highest BCUT2D eigenvalue weighted by Crippen LogP contribution is 2.37. The molecule has 4 rings (SSSR count). The summed E-state index contributed by atoms with van der Waals surface area (Å²) in [7, 11) is 0. The van der Waals surface area contributed by atoms with Crippen LogP contribution in [0, 0.1) is 0 Å². The number of rotatable bonds is 4. The van der Waals surface area contributed by atoms with E-state index in [1.807, 2.05) is 12.1 Å². The van der Waals surface area contributed by atoms with Crippen molar-refractivity contribution in [3.63, 3.8) is 0 Å². The molecule has 7 heteroatoms. The quantitative estimate of drug-likeness (QED) is 0.663. The summed E-state index contributed by atoms with van der Waals surface area (Å²) in [6.07, 6.45) is 1.78. The first-order chi connectivity index (χ1) is 13.1. The molecule has 1 atom stereocenters. The van der Waals surface area contributed by atoms with E-state index in [2.05, 4.69) is 15.6 Å². The third kappa shape index (κ3) is 3.31. The van der Waals surface area contributed by atoms with Gasteiger partial charge in [-0.2, -0.15) is 0 Å². The molecule has 138 valence electrons. The topological polar surface area (TPSA) is 92.5 Å². The molecule has 7 nitrogen and oxygen atoms in total. The summed E-state index contributed by atoms with van der Waals surface area (Å²) >= 11 is 0. The lowest BCUT2D eigenvalue weighted by Crippen LogP contribution is -2.41. The SMILES string of the molecule is CC(NC(=O)c1cccc2[nH]ccc12)C(=O)Nc1cccc2c1OCCO2. The Bertz CT molecular complexity index is 1010. The highest BCUT2D eigenvalue weighted by atomic mass is 16.6. The van der Waals surface area contributed by atoms with Gasteiger partial charge in [0.25, 0.3) is 5.91 Å². The van der Waals surface area contributed by atoms with E-state index < -0.39 is 6.04 Å². The summed E-state index contributed by atoms with van der Waals surface area (Å²) in [6, 6.07) is 11.8. The van der Waals surface area contributed by atoms with Crippen LogP contribution < -0.4 is 20.1 Å². The Morgan fingerprint density at radius 3 is 2.78 bits per heavy atom. The molecule has 3 aromatic rings. The number of anilines is 1. The van der Waals surface area contributed by atoms with Gasteiger partial charge in [-0.05, 0) is 37.3 Å². The van der Waals surface area contributed by atoms with Gasteiger partial charge in [0.1, 0.15) is 19.3 Å². The Kier molecular flexibility index (Phi) is 4.42. The number of ether oxygens (including phenoxy) is 2. The van der Waals surface area contributed by atoms with Crippen LogP contribution in [0.25, 0.3) is 10.9 Å². The zero-order chi connectivity index (χ0) is 18.8. The normalized spacial score (nSPS) is 13.8. The average Bonchev–Trinajstić information content (AvgIpc) is 3.17. The third-order valence-electron chi connectivity index (χ3n) is 4.40. The van der Waals surface area contributed by atoms with Crippen molar-refractivity contribution >= 4 is 28.4 Å². The van der Waals surface area contributed by atoms with Crippen molar-refractivity contribution in [2.45, 2.75) is 13.0 Å². The minimum Gasteiger partial charge on any atom is -0.486 e. The molecule has 2 aromatic carbocycles. The molecule has 2 heterocycles. The predicted octanol–water partition coefficient (Wildman–Crippen LogP) is 2.70. The Balaban J connectivity index is 1.47. The van der Waals surface area contributed by atoms with Crippen LogP contribution in [0.4, 0.5) is 5.69 Å². The lowest BCUT2D eigenvalue weighted by molar-refractivity contribution is -0.117. The smallest absolute Gasteiger partial charge is 0.252 e. The van der Waals surface area contributed by atoms with Crippen molar-refractivity contribution in [3.05, 3.63) is 54.2 Å². The highest BCUT2D eigenvalue weighted by Gasteiger charge is 2.21. The number of para-hydroxylation sites is 1. The van der Waals surface area contributed by atoms with E-state index in [1.165, 1.54) is 0 Å². The fraction of sp³-hybridized carbons (Fsp3) is 0.200. The summed E-state index contributed by atoms with van der Waals surface area (Å²) in [4.78, 5) is 28.2. The maximum Gasteiger partial charge on any atom is 0.252 e. The number of fused-ring (bicyclic) bond motifs is 2. The van der Waals surface area contributed by atoms with Gasteiger partial charge in [0.15, 0.2) is 11.5 Å². The molecule has 1 aliphatic heterocycles. The zero-order valence-corrected chi connectivity index (χ0v) is 14.7. The standard InChI is InChI=1S/C20H19N3O4/c1-12(22-20(25)14-4-2-5-15-13(14)8-9-21-15)19(24)23-16-6-3-7-17-18(16)27-11-10-26-17/h2-9,12,21H,10-11H2,1H3,(H,22,25)(H,23,24). The number of nitrogens with one attached hydrogen (secondary N) is 3. The molecule has 0 saturated heterocycles. The van der Waals surface area contributed by atoms with E-state index in [-0.39, 0.29) is 11.8 Å². The van der Waals surface area contributed by atoms with Crippen LogP contribution in [0.5, 0.6) is 11.5 Å². The summed E-state index contributed by atoms with van der Waals surface area (Å²) in [5, 5.41) is 6.35. The van der Waals surface area contributed by atoms with Crippen LogP contribution in [0.3, 0.4) is 0 Å². The second kappa shape index (κ2) is 7.03. The van der Waals surface area contributed by atoms with Crippen molar-refractivity contribution < 1.29 is 19.1 Å². The third-order valence-corrected chi connectivity index (χ3v) is 4.40. The molecule has 0 spiro atoms. The maximum absolute atomic E-state index is 12.6. The van der Waals surface area contributed by atoms with Gasteiger partial charge in [0.05, 0.1) is 5.69 Å². The van der Waals surface area contributed by atoms with E-state index >= 15 is 0 Å². The Morgan fingerprint density at radius 2 is 1.89 bits per heavy atom. The summed E-state index contributed by atoms with van der Waals surface area (Å²) < 4.78 is 11.1. The van der Waals surface area contributed by atoms with Gasteiger partial charge in [-0.1, -0.05) is 12.1 Å². The van der Waals surface area contributed by atoms with Crippen molar-refractivity contribution in [1.82, 2.24) is 10.3 Å². The first-order valence-electron chi connectivity index (χ1n) is 8.70. The van der Waals surface area contributed by atoms with Gasteiger partial charge < -0.3 is 25.1 Å². The minimum absolute atomic E-state index is 0.308. The number of aromatic amines is 1. The van der Waals surface area contributed by atoms with Crippen LogP contribution in [0.2, 0.25) is 0 Å². The molecule has 2 amide bonds. The number of hydrogen-bond donors (Lipinski definition) is 3. The van der Waals surface area contributed by atoms with Crippen LogP contribution >= 0.6 is 0 Å². The Labute approximate surface area is 155 Å². The van der Waals surface area contributed by atoms with Gasteiger partial charge in [-0.3, -0.25) is 9.59 Å². The second-order valence-corrected chi connectivity index (χ2v) is 6.26. The average molecular weight is 365 g/mol. The van der Waals surface area contributed by atoms with E-state index in [0.717, 1.165) is 10.9 Å². The molecular formula is C20H19N3O4. The molecular weight excluding hydrogens is 346 g/mol. The Morgan fingerprint density at radius 1 is 1.07 bits per heavy atom. The van der Waals surface area contributed by atoms with Crippen LogP contribution in [-0.2, 0) is 4.79 Å². The lowest BCUT2D eigenvalue weighted by atomic mass is 10.1. The predicted molar refractivity (Wildman–Crippen MR) is 101 cm³/mol. The molecule has 0 saturated carbocycles. The first kappa shape index (κ1) is 17.0. The van der Waals surface area contributed by atoms with Crippen LogP contribution in [0.15, 0.2) is 48.7 Å². The molecule has 1 aromatic heterocycles. The molecule has 3 N–H and O–H groups in total. The molecule has 1 unspecified atom stereocenters. The maximum atomic E-state index is 12.6. The van der Waals surface area contributed by atoms with Crippen molar-refractivity contribution in [1.29, 1.82) is 0 Å². The highest BCUT2D eigenvalue weighted by molar-refractivity contribution is 6.08. The fourth-order valence-electron chi connectivity index (χ4n) is 3.04. The van der Waals surface area contributed by atoms with E-state index in [0.29, 0.717) is 36.0 Å². The number of carbonyl (C=O) groups is 2. The molecule has 1 aliphatic rings. The monoisotopic (exact) mass is 365 g/mol. The number of carbonyl (C=O) groups excluding carboxylic acids is 2. The molecule has 27 heavy (non-hydrogen) atoms. The molecule has 0 bridgehead atoms. The number of benzene rings is 2. The number of aromatic nitrogens is 1. The van der Waals surface area contributed by atoms with Crippen molar-refractivity contribution in [3.8, 4) is 11.5 Å². The number of amides is 2. The first-order valence-corrected chi connectivity index (χ1v) is 8.70.